The molecule has 0 radical (unpaired) electrons. The molecule has 0 bridgehead atoms. The molecule has 1 amide bonds. The minimum Gasteiger partial charge on any atom is -0.352 e. The number of nitrogens with zero attached hydrogens (tertiary/aromatic N) is 2. The minimum atomic E-state index is 0.0427. The molecule has 6 nitrogen and oxygen atoms in total. The molecule has 1 aromatic heterocycles. The number of benzene rings is 1. The lowest BCUT2D eigenvalue weighted by Gasteiger charge is -2.35. The average Bonchev–Trinajstić information content (AvgIpc) is 3.22. The van der Waals surface area contributed by atoms with Gasteiger partial charge in [0, 0.05) is 30.5 Å². The van der Waals surface area contributed by atoms with Gasteiger partial charge in [-0.3, -0.25) is 14.7 Å². The molecule has 0 saturated carbocycles. The fraction of sp³-hybridized carbons (Fsp3) is 0.478. The average molecular weight is 394 g/mol. The van der Waals surface area contributed by atoms with Gasteiger partial charge in [-0.25, -0.2) is 10.9 Å². The first-order valence-electron chi connectivity index (χ1n) is 10.6. The predicted octanol–water partition coefficient (Wildman–Crippen LogP) is 2.71. The van der Waals surface area contributed by atoms with E-state index in [4.69, 9.17) is 0 Å². The maximum Gasteiger partial charge on any atom is 0.251 e. The highest BCUT2D eigenvalue weighted by atomic mass is 16.1. The van der Waals surface area contributed by atoms with Crippen molar-refractivity contribution < 1.29 is 4.79 Å². The molecule has 2 aliphatic rings. The molecule has 2 unspecified atom stereocenters. The topological polar surface area (TPSA) is 69.3 Å². The van der Waals surface area contributed by atoms with E-state index in [0.29, 0.717) is 18.1 Å². The van der Waals surface area contributed by atoms with Crippen molar-refractivity contribution in [1.29, 1.82) is 0 Å². The summed E-state index contributed by atoms with van der Waals surface area (Å²) >= 11 is 0. The van der Waals surface area contributed by atoms with Crippen LogP contribution in [0.2, 0.25) is 0 Å². The SMILES string of the molecule is Cc1cc(C)cc(C(=O)NCC2CCN(C3CC(c4ccncc4)NN3)CC2)c1. The van der Waals surface area contributed by atoms with Crippen molar-refractivity contribution in [3.63, 3.8) is 0 Å². The van der Waals surface area contributed by atoms with Crippen LogP contribution in [0.25, 0.3) is 0 Å². The first kappa shape index (κ1) is 20.0. The summed E-state index contributed by atoms with van der Waals surface area (Å²) in [4.78, 5) is 19.1. The van der Waals surface area contributed by atoms with E-state index in [1.54, 1.807) is 0 Å². The lowest BCUT2D eigenvalue weighted by molar-refractivity contribution is 0.0914. The summed E-state index contributed by atoms with van der Waals surface area (Å²) in [7, 11) is 0. The fourth-order valence-electron chi connectivity index (χ4n) is 4.51. The quantitative estimate of drug-likeness (QED) is 0.729. The Morgan fingerprint density at radius 1 is 1.10 bits per heavy atom. The van der Waals surface area contributed by atoms with Gasteiger partial charge < -0.3 is 5.32 Å². The summed E-state index contributed by atoms with van der Waals surface area (Å²) in [6.45, 7) is 6.95. The van der Waals surface area contributed by atoms with Crippen LogP contribution in [0.15, 0.2) is 42.7 Å². The molecule has 2 aliphatic heterocycles. The van der Waals surface area contributed by atoms with Crippen molar-refractivity contribution in [2.75, 3.05) is 19.6 Å². The van der Waals surface area contributed by atoms with Gasteiger partial charge >= 0.3 is 0 Å². The Hall–Kier alpha value is -2.28. The van der Waals surface area contributed by atoms with E-state index < -0.39 is 0 Å². The van der Waals surface area contributed by atoms with Gasteiger partial charge in [0.25, 0.3) is 5.91 Å². The Labute approximate surface area is 173 Å². The predicted molar refractivity (Wildman–Crippen MR) is 114 cm³/mol. The van der Waals surface area contributed by atoms with Gasteiger partial charge in [-0.15, -0.1) is 0 Å². The maximum atomic E-state index is 12.5. The Balaban J connectivity index is 1.22. The van der Waals surface area contributed by atoms with Crippen molar-refractivity contribution in [2.45, 2.75) is 45.3 Å². The molecule has 2 atom stereocenters. The molecular formula is C23H31N5O. The number of amides is 1. The second kappa shape index (κ2) is 9.03. The minimum absolute atomic E-state index is 0.0427. The monoisotopic (exact) mass is 393 g/mol. The maximum absolute atomic E-state index is 12.5. The van der Waals surface area contributed by atoms with Crippen LogP contribution in [0.4, 0.5) is 0 Å². The number of piperidine rings is 1. The van der Waals surface area contributed by atoms with Crippen LogP contribution in [0.5, 0.6) is 0 Å². The molecule has 3 heterocycles. The van der Waals surface area contributed by atoms with Crippen LogP contribution in [0.3, 0.4) is 0 Å². The van der Waals surface area contributed by atoms with Crippen molar-refractivity contribution in [2.24, 2.45) is 5.92 Å². The number of hydrogen-bond donors (Lipinski definition) is 3. The molecule has 6 heteroatoms. The summed E-state index contributed by atoms with van der Waals surface area (Å²) < 4.78 is 0. The Morgan fingerprint density at radius 3 is 2.48 bits per heavy atom. The molecule has 4 rings (SSSR count). The second-order valence-corrected chi connectivity index (χ2v) is 8.44. The van der Waals surface area contributed by atoms with Crippen LogP contribution in [0, 0.1) is 19.8 Å². The summed E-state index contributed by atoms with van der Waals surface area (Å²) in [5.74, 6) is 0.590. The Bertz CT molecular complexity index is 812. The zero-order valence-corrected chi connectivity index (χ0v) is 17.3. The number of carbonyl (C=O) groups excluding carboxylic acids is 1. The summed E-state index contributed by atoms with van der Waals surface area (Å²) in [6, 6.07) is 10.5. The van der Waals surface area contributed by atoms with Crippen LogP contribution >= 0.6 is 0 Å². The third-order valence-electron chi connectivity index (χ3n) is 6.12. The highest BCUT2D eigenvalue weighted by Gasteiger charge is 2.31. The number of aryl methyl sites for hydroxylation is 2. The molecule has 2 fully saturated rings. The number of aromatic nitrogens is 1. The molecule has 29 heavy (non-hydrogen) atoms. The molecule has 0 aliphatic carbocycles. The van der Waals surface area contributed by atoms with Gasteiger partial charge in [0.2, 0.25) is 0 Å². The van der Waals surface area contributed by atoms with Gasteiger partial charge in [0.1, 0.15) is 0 Å². The number of carbonyl (C=O) groups is 1. The number of hydrazine groups is 1. The van der Waals surface area contributed by atoms with Crippen LogP contribution < -0.4 is 16.2 Å². The lowest BCUT2D eigenvalue weighted by atomic mass is 9.95. The normalized spacial score (nSPS) is 23.2. The smallest absolute Gasteiger partial charge is 0.251 e. The second-order valence-electron chi connectivity index (χ2n) is 8.44. The molecular weight excluding hydrogens is 362 g/mol. The first-order valence-corrected chi connectivity index (χ1v) is 10.6. The number of hydrogen-bond acceptors (Lipinski definition) is 5. The molecule has 154 valence electrons. The van der Waals surface area contributed by atoms with E-state index >= 15 is 0 Å². The van der Waals surface area contributed by atoms with Crippen molar-refractivity contribution in [1.82, 2.24) is 26.1 Å². The fourth-order valence-corrected chi connectivity index (χ4v) is 4.51. The molecule has 2 saturated heterocycles. The van der Waals surface area contributed by atoms with E-state index in [-0.39, 0.29) is 5.91 Å². The van der Waals surface area contributed by atoms with Gasteiger partial charge in [0.15, 0.2) is 0 Å². The number of rotatable bonds is 5. The molecule has 0 spiro atoms. The Kier molecular flexibility index (Phi) is 6.23. The third-order valence-corrected chi connectivity index (χ3v) is 6.12. The van der Waals surface area contributed by atoms with E-state index in [2.05, 4.69) is 44.3 Å². The van der Waals surface area contributed by atoms with E-state index in [9.17, 15) is 4.79 Å². The zero-order chi connectivity index (χ0) is 20.2. The first-order chi connectivity index (χ1) is 14.1. The van der Waals surface area contributed by atoms with Gasteiger partial charge in [-0.05, 0) is 81.9 Å². The van der Waals surface area contributed by atoms with Crippen molar-refractivity contribution in [3.05, 3.63) is 65.0 Å². The lowest BCUT2D eigenvalue weighted by Crippen LogP contribution is -2.49. The molecule has 3 N–H and O–H groups in total. The van der Waals surface area contributed by atoms with Crippen LogP contribution in [-0.2, 0) is 0 Å². The summed E-state index contributed by atoms with van der Waals surface area (Å²) in [6.07, 6.45) is 7.35. The number of likely N-dealkylation sites (tertiary alicyclic amines) is 1. The Morgan fingerprint density at radius 2 is 1.79 bits per heavy atom. The van der Waals surface area contributed by atoms with Crippen LogP contribution in [-0.4, -0.2) is 41.6 Å². The van der Waals surface area contributed by atoms with Crippen molar-refractivity contribution in [3.8, 4) is 0 Å². The van der Waals surface area contributed by atoms with Crippen LogP contribution in [0.1, 0.15) is 52.4 Å². The number of nitrogens with one attached hydrogen (secondary N) is 3. The van der Waals surface area contributed by atoms with E-state index in [1.165, 1.54) is 5.56 Å². The molecule has 2 aromatic rings. The van der Waals surface area contributed by atoms with E-state index in [1.807, 2.05) is 38.4 Å². The third kappa shape index (κ3) is 5.01. The zero-order valence-electron chi connectivity index (χ0n) is 17.3. The summed E-state index contributed by atoms with van der Waals surface area (Å²) in [5, 5.41) is 3.14. The number of pyridine rings is 1. The van der Waals surface area contributed by atoms with Gasteiger partial charge in [0.05, 0.1) is 6.17 Å². The highest BCUT2D eigenvalue weighted by molar-refractivity contribution is 5.94. The van der Waals surface area contributed by atoms with Gasteiger partial charge in [-0.2, -0.15) is 0 Å². The van der Waals surface area contributed by atoms with Crippen molar-refractivity contribution >= 4 is 5.91 Å². The van der Waals surface area contributed by atoms with Gasteiger partial charge in [-0.1, -0.05) is 17.2 Å². The molecule has 1 aromatic carbocycles. The highest BCUT2D eigenvalue weighted by Crippen LogP contribution is 2.26. The standard InChI is InChI=1S/C23H31N5O/c1-16-11-17(2)13-20(12-16)23(29)25-15-18-5-9-28(10-6-18)22-14-21(26-27-22)19-3-7-24-8-4-19/h3-4,7-8,11-13,18,21-22,26-27H,5-6,9-10,14-15H2,1-2H3,(H,25,29). The largest absolute Gasteiger partial charge is 0.352 e. The summed E-state index contributed by atoms with van der Waals surface area (Å²) in [5.41, 5.74) is 11.2. The van der Waals surface area contributed by atoms with E-state index in [0.717, 1.165) is 55.6 Å².